The number of halogens is 1. The molecule has 1 aliphatic rings. The molecule has 1 heterocycles. The van der Waals surface area contributed by atoms with E-state index in [-0.39, 0.29) is 16.3 Å². The third-order valence-corrected chi connectivity index (χ3v) is 4.85. The van der Waals surface area contributed by atoms with E-state index in [4.69, 9.17) is 11.6 Å². The number of non-ortho nitro benzene ring substituents is 1. The number of likely N-dealkylation sites (tertiary alicyclic amines) is 1. The SMILES string of the molecule is O=C(Nc1ccc(CCN2CCCC2)cc1)c1ccc([N+](=O)[O-])cc1Cl. The van der Waals surface area contributed by atoms with Crippen LogP contribution in [0.4, 0.5) is 11.4 Å². The zero-order valence-electron chi connectivity index (χ0n) is 14.3. The molecule has 0 atom stereocenters. The van der Waals surface area contributed by atoms with Crippen molar-refractivity contribution < 1.29 is 9.72 Å². The van der Waals surface area contributed by atoms with Gasteiger partial charge in [0.2, 0.25) is 0 Å². The summed E-state index contributed by atoms with van der Waals surface area (Å²) in [5, 5.41) is 13.6. The molecule has 0 unspecified atom stereocenters. The van der Waals surface area contributed by atoms with Gasteiger partial charge >= 0.3 is 0 Å². The Bertz CT molecular complexity index is 802. The quantitative estimate of drug-likeness (QED) is 0.610. The van der Waals surface area contributed by atoms with Crippen LogP contribution in [0.2, 0.25) is 5.02 Å². The van der Waals surface area contributed by atoms with Crippen molar-refractivity contribution in [1.82, 2.24) is 4.90 Å². The van der Waals surface area contributed by atoms with Crippen LogP contribution >= 0.6 is 11.6 Å². The van der Waals surface area contributed by atoms with Gasteiger partial charge in [0.25, 0.3) is 11.6 Å². The van der Waals surface area contributed by atoms with E-state index in [0.717, 1.165) is 13.0 Å². The normalized spacial score (nSPS) is 14.3. The van der Waals surface area contributed by atoms with Crippen LogP contribution < -0.4 is 5.32 Å². The lowest BCUT2D eigenvalue weighted by Crippen LogP contribution is -2.21. The molecule has 7 heteroatoms. The van der Waals surface area contributed by atoms with Crippen LogP contribution in [0.3, 0.4) is 0 Å². The van der Waals surface area contributed by atoms with E-state index < -0.39 is 10.8 Å². The van der Waals surface area contributed by atoms with Crippen molar-refractivity contribution >= 4 is 28.9 Å². The molecule has 0 spiro atoms. The topological polar surface area (TPSA) is 75.5 Å². The van der Waals surface area contributed by atoms with E-state index in [0.29, 0.717) is 5.69 Å². The Morgan fingerprint density at radius 3 is 2.46 bits per heavy atom. The van der Waals surface area contributed by atoms with Crippen molar-refractivity contribution in [3.8, 4) is 0 Å². The number of carbonyl (C=O) groups is 1. The number of hydrogen-bond donors (Lipinski definition) is 1. The molecule has 1 fully saturated rings. The van der Waals surface area contributed by atoms with Crippen LogP contribution in [0.15, 0.2) is 42.5 Å². The molecule has 26 heavy (non-hydrogen) atoms. The van der Waals surface area contributed by atoms with Crippen molar-refractivity contribution in [1.29, 1.82) is 0 Å². The Morgan fingerprint density at radius 1 is 1.15 bits per heavy atom. The summed E-state index contributed by atoms with van der Waals surface area (Å²) < 4.78 is 0. The summed E-state index contributed by atoms with van der Waals surface area (Å²) in [6.45, 7) is 3.43. The van der Waals surface area contributed by atoms with Crippen LogP contribution in [0.25, 0.3) is 0 Å². The van der Waals surface area contributed by atoms with Crippen LogP contribution in [0.1, 0.15) is 28.8 Å². The van der Waals surface area contributed by atoms with Crippen LogP contribution in [-0.4, -0.2) is 35.4 Å². The van der Waals surface area contributed by atoms with Crippen molar-refractivity contribution in [2.75, 3.05) is 25.0 Å². The minimum absolute atomic E-state index is 0.0546. The second-order valence-corrected chi connectivity index (χ2v) is 6.78. The monoisotopic (exact) mass is 373 g/mol. The molecule has 2 aromatic rings. The molecule has 1 saturated heterocycles. The van der Waals surface area contributed by atoms with Gasteiger partial charge in [-0.1, -0.05) is 23.7 Å². The predicted octanol–water partition coefficient (Wildman–Crippen LogP) is 4.14. The smallest absolute Gasteiger partial charge is 0.270 e. The highest BCUT2D eigenvalue weighted by molar-refractivity contribution is 6.34. The Kier molecular flexibility index (Phi) is 5.85. The third kappa shape index (κ3) is 4.59. The molecule has 2 aromatic carbocycles. The van der Waals surface area contributed by atoms with E-state index in [9.17, 15) is 14.9 Å². The molecule has 136 valence electrons. The van der Waals surface area contributed by atoms with Crippen molar-refractivity contribution in [2.45, 2.75) is 19.3 Å². The minimum atomic E-state index is -0.547. The number of hydrogen-bond acceptors (Lipinski definition) is 4. The summed E-state index contributed by atoms with van der Waals surface area (Å²) in [7, 11) is 0. The fraction of sp³-hybridized carbons (Fsp3) is 0.316. The van der Waals surface area contributed by atoms with Gasteiger partial charge < -0.3 is 10.2 Å². The fourth-order valence-electron chi connectivity index (χ4n) is 3.05. The molecular formula is C19H20ClN3O3. The second-order valence-electron chi connectivity index (χ2n) is 6.37. The highest BCUT2D eigenvalue weighted by Crippen LogP contribution is 2.23. The highest BCUT2D eigenvalue weighted by atomic mass is 35.5. The molecule has 3 rings (SSSR count). The van der Waals surface area contributed by atoms with Gasteiger partial charge in [-0.05, 0) is 56.1 Å². The van der Waals surface area contributed by atoms with Crippen LogP contribution in [-0.2, 0) is 6.42 Å². The number of nitrogens with one attached hydrogen (secondary N) is 1. The molecule has 0 saturated carbocycles. The Hall–Kier alpha value is -2.44. The number of amides is 1. The van der Waals surface area contributed by atoms with E-state index in [2.05, 4.69) is 10.2 Å². The lowest BCUT2D eigenvalue weighted by Gasteiger charge is -2.14. The lowest BCUT2D eigenvalue weighted by atomic mass is 10.1. The van der Waals surface area contributed by atoms with Crippen molar-refractivity contribution in [2.24, 2.45) is 0 Å². The maximum Gasteiger partial charge on any atom is 0.270 e. The molecule has 0 aliphatic carbocycles. The van der Waals surface area contributed by atoms with Gasteiger partial charge in [-0.25, -0.2) is 0 Å². The first kappa shape index (κ1) is 18.4. The molecule has 0 radical (unpaired) electrons. The third-order valence-electron chi connectivity index (χ3n) is 4.54. The van der Waals surface area contributed by atoms with E-state index in [1.165, 1.54) is 49.7 Å². The lowest BCUT2D eigenvalue weighted by molar-refractivity contribution is -0.384. The van der Waals surface area contributed by atoms with Gasteiger partial charge in [0.1, 0.15) is 0 Å². The summed E-state index contributed by atoms with van der Waals surface area (Å²) in [6, 6.07) is 11.5. The molecule has 1 N–H and O–H groups in total. The van der Waals surface area contributed by atoms with E-state index in [1.807, 2.05) is 24.3 Å². The Morgan fingerprint density at radius 2 is 1.85 bits per heavy atom. The number of nitrogens with zero attached hydrogens (tertiary/aromatic N) is 2. The zero-order chi connectivity index (χ0) is 18.5. The number of nitro groups is 1. The van der Waals surface area contributed by atoms with Crippen molar-refractivity contribution in [3.63, 3.8) is 0 Å². The largest absolute Gasteiger partial charge is 0.322 e. The number of anilines is 1. The van der Waals surface area contributed by atoms with Gasteiger partial charge in [0, 0.05) is 24.4 Å². The van der Waals surface area contributed by atoms with Crippen LogP contribution in [0.5, 0.6) is 0 Å². The first-order valence-corrected chi connectivity index (χ1v) is 8.97. The van der Waals surface area contributed by atoms with Crippen LogP contribution in [0, 0.1) is 10.1 Å². The van der Waals surface area contributed by atoms with Gasteiger partial charge in [0.05, 0.1) is 15.5 Å². The fourth-order valence-corrected chi connectivity index (χ4v) is 3.31. The first-order valence-electron chi connectivity index (χ1n) is 8.59. The second kappa shape index (κ2) is 8.29. The standard InChI is InChI=1S/C19H20ClN3O3/c20-18-13-16(23(25)26)7-8-17(18)19(24)21-15-5-3-14(4-6-15)9-12-22-10-1-2-11-22/h3-8,13H,1-2,9-12H2,(H,21,24). The maximum absolute atomic E-state index is 12.3. The Labute approximate surface area is 156 Å². The van der Waals surface area contributed by atoms with Gasteiger partial charge in [-0.15, -0.1) is 0 Å². The summed E-state index contributed by atoms with van der Waals surface area (Å²) in [6.07, 6.45) is 3.56. The Balaban J connectivity index is 1.59. The molecule has 0 aromatic heterocycles. The molecule has 1 amide bonds. The predicted molar refractivity (Wildman–Crippen MR) is 102 cm³/mol. The molecular weight excluding hydrogens is 354 g/mol. The number of rotatable bonds is 6. The van der Waals surface area contributed by atoms with E-state index >= 15 is 0 Å². The minimum Gasteiger partial charge on any atom is -0.322 e. The first-order chi connectivity index (χ1) is 12.5. The average Bonchev–Trinajstić information content (AvgIpc) is 3.14. The summed E-state index contributed by atoms with van der Waals surface area (Å²) in [5.74, 6) is -0.394. The summed E-state index contributed by atoms with van der Waals surface area (Å²) in [5.41, 5.74) is 1.95. The van der Waals surface area contributed by atoms with Gasteiger partial charge in [-0.3, -0.25) is 14.9 Å². The summed E-state index contributed by atoms with van der Waals surface area (Å²) in [4.78, 5) is 25.0. The van der Waals surface area contributed by atoms with E-state index in [1.54, 1.807) is 0 Å². The number of carbonyl (C=O) groups excluding carboxylic acids is 1. The average molecular weight is 374 g/mol. The molecule has 0 bridgehead atoms. The molecule has 1 aliphatic heterocycles. The zero-order valence-corrected chi connectivity index (χ0v) is 15.0. The van der Waals surface area contributed by atoms with Gasteiger partial charge in [-0.2, -0.15) is 0 Å². The summed E-state index contributed by atoms with van der Waals surface area (Å²) >= 11 is 5.99. The van der Waals surface area contributed by atoms with Gasteiger partial charge in [0.15, 0.2) is 0 Å². The molecule has 6 nitrogen and oxygen atoms in total. The number of nitro benzene ring substituents is 1. The highest BCUT2D eigenvalue weighted by Gasteiger charge is 2.15. The van der Waals surface area contributed by atoms with Crippen molar-refractivity contribution in [3.05, 3.63) is 68.7 Å². The number of benzene rings is 2. The maximum atomic E-state index is 12.3.